The van der Waals surface area contributed by atoms with E-state index >= 15 is 0 Å². The Morgan fingerprint density at radius 3 is 2.46 bits per heavy atom. The summed E-state index contributed by atoms with van der Waals surface area (Å²) in [5.74, 6) is 0.484. The molecule has 0 saturated heterocycles. The Bertz CT molecular complexity index is 451. The van der Waals surface area contributed by atoms with Gasteiger partial charge in [0.25, 0.3) is 0 Å². The summed E-state index contributed by atoms with van der Waals surface area (Å²) in [5.41, 5.74) is 1.70. The Kier molecular flexibility index (Phi) is 10.2. The molecule has 1 aromatic carbocycles. The molecule has 0 aliphatic carbocycles. The van der Waals surface area contributed by atoms with Crippen molar-refractivity contribution in [3.05, 3.63) is 48.0 Å². The van der Waals surface area contributed by atoms with Gasteiger partial charge >= 0.3 is 0 Å². The van der Waals surface area contributed by atoms with Gasteiger partial charge in [0.1, 0.15) is 0 Å². The van der Waals surface area contributed by atoms with Crippen LogP contribution < -0.4 is 5.32 Å². The molecule has 1 N–H and O–H groups in total. The average molecular weight is 347 g/mol. The highest BCUT2D eigenvalue weighted by Gasteiger charge is 2.22. The fraction of sp³-hybridized carbons (Fsp3) is 0.619. The highest BCUT2D eigenvalue weighted by Crippen LogP contribution is 2.27. The minimum atomic E-state index is -0.606. The zero-order valence-corrected chi connectivity index (χ0v) is 17.3. The van der Waals surface area contributed by atoms with Crippen LogP contribution in [0.15, 0.2) is 42.5 Å². The van der Waals surface area contributed by atoms with Crippen LogP contribution in [0.5, 0.6) is 0 Å². The van der Waals surface area contributed by atoms with Crippen molar-refractivity contribution in [2.24, 2.45) is 11.3 Å². The van der Waals surface area contributed by atoms with Crippen molar-refractivity contribution >= 4 is 9.04 Å². The van der Waals surface area contributed by atoms with Crippen LogP contribution in [0.4, 0.5) is 0 Å². The third kappa shape index (κ3) is 10.1. The van der Waals surface area contributed by atoms with Crippen LogP contribution in [0.25, 0.3) is 0 Å². The van der Waals surface area contributed by atoms with E-state index in [0.29, 0.717) is 5.92 Å². The summed E-state index contributed by atoms with van der Waals surface area (Å²) < 4.78 is 5.91. The summed E-state index contributed by atoms with van der Waals surface area (Å²) in [6, 6.07) is 10.7. The Morgan fingerprint density at radius 1 is 1.12 bits per heavy atom. The Hall–Kier alpha value is -0.903. The standard InChI is InChI=1S/C21H36NOSi/c1-21(2,3)20(18-23-24(4)5)15-11-17-22-16-10-9-14-19-12-7-6-8-13-19/h6-8,11-13,15,20,22H,9-10,14,16-18H2,1-5H3/b15-11+. The van der Waals surface area contributed by atoms with Crippen LogP contribution in [-0.2, 0) is 10.8 Å². The fourth-order valence-corrected chi connectivity index (χ4v) is 3.01. The fourth-order valence-electron chi connectivity index (χ4n) is 2.49. The summed E-state index contributed by atoms with van der Waals surface area (Å²) >= 11 is 0. The number of aryl methyl sites for hydroxylation is 1. The van der Waals surface area contributed by atoms with Crippen LogP contribution in [0.2, 0.25) is 13.1 Å². The van der Waals surface area contributed by atoms with Crippen LogP contribution >= 0.6 is 0 Å². The van der Waals surface area contributed by atoms with Gasteiger partial charge in [0.2, 0.25) is 9.04 Å². The second-order valence-corrected chi connectivity index (χ2v) is 9.87. The van der Waals surface area contributed by atoms with Gasteiger partial charge in [0.05, 0.1) is 0 Å². The van der Waals surface area contributed by atoms with E-state index in [4.69, 9.17) is 4.43 Å². The molecule has 0 amide bonds. The molecule has 3 heteroatoms. The van der Waals surface area contributed by atoms with Crippen molar-refractivity contribution in [1.29, 1.82) is 0 Å². The molecule has 1 unspecified atom stereocenters. The Balaban J connectivity index is 2.16. The number of rotatable bonds is 11. The quantitative estimate of drug-likeness (QED) is 0.342. The molecule has 0 fully saturated rings. The highest BCUT2D eigenvalue weighted by atomic mass is 28.3. The number of unbranched alkanes of at least 4 members (excludes halogenated alkanes) is 1. The third-order valence-corrected chi connectivity index (χ3v) is 4.95. The van der Waals surface area contributed by atoms with Gasteiger partial charge in [-0.25, -0.2) is 0 Å². The first-order chi connectivity index (χ1) is 11.4. The number of hydrogen-bond donors (Lipinski definition) is 1. The molecule has 0 aromatic heterocycles. The number of nitrogens with one attached hydrogen (secondary N) is 1. The molecular weight excluding hydrogens is 310 g/mol. The maximum Gasteiger partial charge on any atom is 0.204 e. The van der Waals surface area contributed by atoms with Crippen molar-refractivity contribution in [2.45, 2.75) is 53.1 Å². The van der Waals surface area contributed by atoms with Crippen LogP contribution in [0.1, 0.15) is 39.2 Å². The van der Waals surface area contributed by atoms with Crippen LogP contribution in [0.3, 0.4) is 0 Å². The molecule has 135 valence electrons. The minimum absolute atomic E-state index is 0.253. The van der Waals surface area contributed by atoms with Gasteiger partial charge in [0, 0.05) is 19.1 Å². The zero-order valence-electron chi connectivity index (χ0n) is 16.3. The molecular formula is C21H36NOSi. The first kappa shape index (κ1) is 21.1. The van der Waals surface area contributed by atoms with Gasteiger partial charge < -0.3 is 9.74 Å². The van der Waals surface area contributed by atoms with Crippen LogP contribution in [-0.4, -0.2) is 28.7 Å². The van der Waals surface area contributed by atoms with Crippen molar-refractivity contribution in [1.82, 2.24) is 5.32 Å². The molecule has 1 atom stereocenters. The van der Waals surface area contributed by atoms with Crippen molar-refractivity contribution in [3.8, 4) is 0 Å². The Morgan fingerprint density at radius 2 is 1.83 bits per heavy atom. The molecule has 1 aromatic rings. The summed E-state index contributed by atoms with van der Waals surface area (Å²) in [6.07, 6.45) is 8.26. The van der Waals surface area contributed by atoms with E-state index in [0.717, 1.165) is 19.7 Å². The molecule has 0 aliphatic heterocycles. The van der Waals surface area contributed by atoms with E-state index in [-0.39, 0.29) is 5.41 Å². The lowest BCUT2D eigenvalue weighted by Crippen LogP contribution is -2.26. The van der Waals surface area contributed by atoms with Crippen molar-refractivity contribution in [2.75, 3.05) is 19.7 Å². The van der Waals surface area contributed by atoms with E-state index in [1.807, 2.05) is 0 Å². The molecule has 0 saturated carbocycles. The topological polar surface area (TPSA) is 21.3 Å². The number of benzene rings is 1. The first-order valence-corrected chi connectivity index (χ1v) is 11.6. The van der Waals surface area contributed by atoms with E-state index < -0.39 is 9.04 Å². The second kappa shape index (κ2) is 11.6. The lowest BCUT2D eigenvalue weighted by Gasteiger charge is -2.28. The second-order valence-electron chi connectivity index (χ2n) is 7.77. The minimum Gasteiger partial charge on any atom is -0.417 e. The molecule has 0 heterocycles. The summed E-state index contributed by atoms with van der Waals surface area (Å²) in [5, 5.41) is 3.52. The van der Waals surface area contributed by atoms with E-state index in [2.05, 4.69) is 81.7 Å². The normalized spacial score (nSPS) is 13.8. The van der Waals surface area contributed by atoms with E-state index in [1.54, 1.807) is 0 Å². The van der Waals surface area contributed by atoms with Gasteiger partial charge in [-0.05, 0) is 49.9 Å². The SMILES string of the molecule is C[Si](C)OCC(/C=C/CNCCCCc1ccccc1)C(C)(C)C. The van der Waals surface area contributed by atoms with Gasteiger partial charge in [0.15, 0.2) is 0 Å². The van der Waals surface area contributed by atoms with Gasteiger partial charge in [-0.3, -0.25) is 0 Å². The molecule has 0 aliphatic rings. The molecule has 0 spiro atoms. The monoisotopic (exact) mass is 346 g/mol. The lowest BCUT2D eigenvalue weighted by molar-refractivity contribution is 0.184. The highest BCUT2D eigenvalue weighted by molar-refractivity contribution is 6.48. The third-order valence-electron chi connectivity index (χ3n) is 4.21. The predicted molar refractivity (Wildman–Crippen MR) is 108 cm³/mol. The van der Waals surface area contributed by atoms with Crippen molar-refractivity contribution in [3.63, 3.8) is 0 Å². The lowest BCUT2D eigenvalue weighted by atomic mass is 9.81. The Labute approximate surface area is 151 Å². The zero-order chi connectivity index (χ0) is 17.8. The maximum absolute atomic E-state index is 5.91. The van der Waals surface area contributed by atoms with Crippen molar-refractivity contribution < 1.29 is 4.43 Å². The largest absolute Gasteiger partial charge is 0.417 e. The maximum atomic E-state index is 5.91. The molecule has 2 nitrogen and oxygen atoms in total. The molecule has 1 radical (unpaired) electrons. The van der Waals surface area contributed by atoms with E-state index in [9.17, 15) is 0 Å². The molecule has 24 heavy (non-hydrogen) atoms. The predicted octanol–water partition coefficient (Wildman–Crippen LogP) is 5.09. The summed E-state index contributed by atoms with van der Waals surface area (Å²) in [4.78, 5) is 0. The smallest absolute Gasteiger partial charge is 0.204 e. The number of hydrogen-bond acceptors (Lipinski definition) is 2. The van der Waals surface area contributed by atoms with E-state index in [1.165, 1.54) is 24.8 Å². The van der Waals surface area contributed by atoms with Crippen LogP contribution in [0, 0.1) is 11.3 Å². The first-order valence-electron chi connectivity index (χ1n) is 9.24. The van der Waals surface area contributed by atoms with Gasteiger partial charge in [-0.15, -0.1) is 0 Å². The van der Waals surface area contributed by atoms with Gasteiger partial charge in [-0.1, -0.05) is 63.3 Å². The molecule has 1 rings (SSSR count). The van der Waals surface area contributed by atoms with Gasteiger partial charge in [-0.2, -0.15) is 0 Å². The average Bonchev–Trinajstić information content (AvgIpc) is 2.52. The summed E-state index contributed by atoms with van der Waals surface area (Å²) in [7, 11) is -0.606. The summed E-state index contributed by atoms with van der Waals surface area (Å²) in [6.45, 7) is 14.2. The molecule has 0 bridgehead atoms.